The molecule has 0 bridgehead atoms. The van der Waals surface area contributed by atoms with Crippen LogP contribution in [0.25, 0.3) is 0 Å². The highest BCUT2D eigenvalue weighted by atomic mass is 35.5. The van der Waals surface area contributed by atoms with E-state index in [4.69, 9.17) is 21.1 Å². The van der Waals surface area contributed by atoms with Crippen LogP contribution in [0.2, 0.25) is 5.02 Å². The number of aliphatic hydroxyl groups excluding tert-OH is 1. The van der Waals surface area contributed by atoms with Crippen LogP contribution in [0.3, 0.4) is 0 Å². The van der Waals surface area contributed by atoms with E-state index in [9.17, 15) is 5.11 Å². The average molecular weight is 217 g/mol. The van der Waals surface area contributed by atoms with E-state index in [0.29, 0.717) is 10.8 Å². The lowest BCUT2D eigenvalue weighted by Gasteiger charge is -2.11. The Morgan fingerprint density at radius 1 is 1.43 bits per heavy atom. The van der Waals surface area contributed by atoms with Crippen molar-refractivity contribution < 1.29 is 14.6 Å². The Hall–Kier alpha value is -0.770. The average Bonchev–Trinajstić information content (AvgIpc) is 2.18. The topological polar surface area (TPSA) is 38.7 Å². The number of aliphatic hydroxyl groups is 1. The second-order valence-electron chi connectivity index (χ2n) is 2.87. The van der Waals surface area contributed by atoms with E-state index in [1.165, 1.54) is 7.11 Å². The zero-order valence-electron chi connectivity index (χ0n) is 8.16. The van der Waals surface area contributed by atoms with E-state index in [1.54, 1.807) is 25.3 Å². The largest absolute Gasteiger partial charge is 0.495 e. The summed E-state index contributed by atoms with van der Waals surface area (Å²) >= 11 is 5.90. The normalized spacial score (nSPS) is 12.6. The summed E-state index contributed by atoms with van der Waals surface area (Å²) < 4.78 is 9.82. The molecule has 0 saturated carbocycles. The molecule has 0 heterocycles. The third kappa shape index (κ3) is 2.61. The van der Waals surface area contributed by atoms with Gasteiger partial charge in [-0.2, -0.15) is 0 Å². The van der Waals surface area contributed by atoms with E-state index in [0.717, 1.165) is 5.56 Å². The summed E-state index contributed by atoms with van der Waals surface area (Å²) in [5, 5.41) is 10.1. The second kappa shape index (κ2) is 5.20. The van der Waals surface area contributed by atoms with Crippen LogP contribution in [0.1, 0.15) is 11.7 Å². The molecule has 1 N–H and O–H groups in total. The van der Waals surface area contributed by atoms with Gasteiger partial charge < -0.3 is 14.6 Å². The minimum absolute atomic E-state index is 0.253. The predicted octanol–water partition coefficient (Wildman–Crippen LogP) is 2.03. The minimum atomic E-state index is -0.650. The third-order valence-corrected chi connectivity index (χ3v) is 2.18. The van der Waals surface area contributed by atoms with Crippen LogP contribution >= 0.6 is 11.6 Å². The highest BCUT2D eigenvalue weighted by Crippen LogP contribution is 2.27. The number of methoxy groups -OCH3 is 2. The van der Waals surface area contributed by atoms with Gasteiger partial charge in [0.2, 0.25) is 0 Å². The van der Waals surface area contributed by atoms with Gasteiger partial charge in [0.1, 0.15) is 11.9 Å². The van der Waals surface area contributed by atoms with Gasteiger partial charge in [0.15, 0.2) is 0 Å². The molecular formula is C10H13ClO3. The first-order valence-corrected chi connectivity index (χ1v) is 4.57. The molecular weight excluding hydrogens is 204 g/mol. The quantitative estimate of drug-likeness (QED) is 0.837. The van der Waals surface area contributed by atoms with Crippen molar-refractivity contribution in [1.82, 2.24) is 0 Å². The van der Waals surface area contributed by atoms with E-state index < -0.39 is 6.10 Å². The maximum absolute atomic E-state index is 9.58. The van der Waals surface area contributed by atoms with Crippen molar-refractivity contribution in [1.29, 1.82) is 0 Å². The lowest BCUT2D eigenvalue weighted by Crippen LogP contribution is -2.04. The molecule has 14 heavy (non-hydrogen) atoms. The molecule has 0 radical (unpaired) electrons. The molecule has 0 aromatic heterocycles. The Kier molecular flexibility index (Phi) is 4.20. The molecule has 0 spiro atoms. The summed E-state index contributed by atoms with van der Waals surface area (Å²) in [5.41, 5.74) is 0.720. The summed E-state index contributed by atoms with van der Waals surface area (Å²) in [7, 11) is 3.08. The minimum Gasteiger partial charge on any atom is -0.495 e. The van der Waals surface area contributed by atoms with Crippen molar-refractivity contribution in [3.8, 4) is 5.75 Å². The lowest BCUT2D eigenvalue weighted by atomic mass is 10.1. The first-order chi connectivity index (χ1) is 6.69. The van der Waals surface area contributed by atoms with Crippen LogP contribution in [-0.2, 0) is 4.74 Å². The number of benzene rings is 1. The van der Waals surface area contributed by atoms with Gasteiger partial charge in [0.05, 0.1) is 18.7 Å². The molecule has 0 aliphatic carbocycles. The van der Waals surface area contributed by atoms with Crippen molar-refractivity contribution >= 4 is 11.6 Å². The molecule has 0 amide bonds. The van der Waals surface area contributed by atoms with E-state index in [1.807, 2.05) is 0 Å². The monoisotopic (exact) mass is 216 g/mol. The lowest BCUT2D eigenvalue weighted by molar-refractivity contribution is 0.0644. The molecule has 4 heteroatoms. The Morgan fingerprint density at radius 2 is 2.14 bits per heavy atom. The van der Waals surface area contributed by atoms with Crippen LogP contribution in [-0.4, -0.2) is 25.9 Å². The van der Waals surface area contributed by atoms with E-state index in [-0.39, 0.29) is 6.61 Å². The first kappa shape index (κ1) is 11.3. The highest BCUT2D eigenvalue weighted by molar-refractivity contribution is 6.32. The van der Waals surface area contributed by atoms with Gasteiger partial charge in [-0.3, -0.25) is 0 Å². The van der Waals surface area contributed by atoms with E-state index in [2.05, 4.69) is 0 Å². The van der Waals surface area contributed by atoms with Crippen molar-refractivity contribution in [3.63, 3.8) is 0 Å². The Bertz CT molecular complexity index is 301. The third-order valence-electron chi connectivity index (χ3n) is 1.89. The summed E-state index contributed by atoms with van der Waals surface area (Å²) in [6.07, 6.45) is -0.650. The fraction of sp³-hybridized carbons (Fsp3) is 0.400. The molecule has 0 fully saturated rings. The summed E-state index contributed by atoms with van der Waals surface area (Å²) in [6.45, 7) is 0.253. The molecule has 1 aromatic rings. The maximum Gasteiger partial charge on any atom is 0.137 e. The maximum atomic E-state index is 9.58. The summed E-state index contributed by atoms with van der Waals surface area (Å²) in [4.78, 5) is 0. The van der Waals surface area contributed by atoms with Crippen LogP contribution in [0.4, 0.5) is 0 Å². The number of hydrogen-bond acceptors (Lipinski definition) is 3. The zero-order chi connectivity index (χ0) is 10.6. The van der Waals surface area contributed by atoms with Gasteiger partial charge in [-0.1, -0.05) is 17.7 Å². The van der Waals surface area contributed by atoms with Gasteiger partial charge >= 0.3 is 0 Å². The Balaban J connectivity index is 2.85. The molecule has 1 aromatic carbocycles. The molecule has 1 atom stereocenters. The van der Waals surface area contributed by atoms with Gasteiger partial charge in [0.25, 0.3) is 0 Å². The number of rotatable bonds is 4. The standard InChI is InChI=1S/C10H13ClO3/c1-13-6-9(12)7-3-4-10(14-2)8(11)5-7/h3-5,9,12H,6H2,1-2H3. The predicted molar refractivity (Wildman–Crippen MR) is 54.8 cm³/mol. The van der Waals surface area contributed by atoms with Crippen molar-refractivity contribution in [2.75, 3.05) is 20.8 Å². The number of hydrogen-bond donors (Lipinski definition) is 1. The van der Waals surface area contributed by atoms with Crippen molar-refractivity contribution in [2.45, 2.75) is 6.10 Å². The van der Waals surface area contributed by atoms with Crippen LogP contribution in [0, 0.1) is 0 Å². The summed E-state index contributed by atoms with van der Waals surface area (Å²) in [6, 6.07) is 5.15. The van der Waals surface area contributed by atoms with Crippen molar-refractivity contribution in [3.05, 3.63) is 28.8 Å². The van der Waals surface area contributed by atoms with Crippen LogP contribution < -0.4 is 4.74 Å². The molecule has 1 rings (SSSR count). The van der Waals surface area contributed by atoms with Gasteiger partial charge in [-0.25, -0.2) is 0 Å². The zero-order valence-corrected chi connectivity index (χ0v) is 8.91. The van der Waals surface area contributed by atoms with Gasteiger partial charge in [0, 0.05) is 7.11 Å². The van der Waals surface area contributed by atoms with Crippen molar-refractivity contribution in [2.24, 2.45) is 0 Å². The highest BCUT2D eigenvalue weighted by Gasteiger charge is 2.09. The molecule has 0 saturated heterocycles. The molecule has 1 unspecified atom stereocenters. The summed E-state index contributed by atoms with van der Waals surface area (Å²) in [5.74, 6) is 0.597. The van der Waals surface area contributed by atoms with Gasteiger partial charge in [-0.05, 0) is 17.7 Å². The number of ether oxygens (including phenoxy) is 2. The number of halogens is 1. The fourth-order valence-electron chi connectivity index (χ4n) is 1.14. The van der Waals surface area contributed by atoms with Gasteiger partial charge in [-0.15, -0.1) is 0 Å². The second-order valence-corrected chi connectivity index (χ2v) is 3.27. The fourth-order valence-corrected chi connectivity index (χ4v) is 1.41. The molecule has 78 valence electrons. The molecule has 0 aliphatic rings. The molecule has 3 nitrogen and oxygen atoms in total. The Morgan fingerprint density at radius 3 is 2.64 bits per heavy atom. The first-order valence-electron chi connectivity index (χ1n) is 4.19. The van der Waals surface area contributed by atoms with Crippen LogP contribution in [0.15, 0.2) is 18.2 Å². The SMILES string of the molecule is COCC(O)c1ccc(OC)c(Cl)c1. The van der Waals surface area contributed by atoms with Crippen LogP contribution in [0.5, 0.6) is 5.75 Å². The molecule has 0 aliphatic heterocycles. The smallest absolute Gasteiger partial charge is 0.137 e. The van der Waals surface area contributed by atoms with E-state index >= 15 is 0 Å². The Labute approximate surface area is 88.2 Å².